The first-order chi connectivity index (χ1) is 11.7. The lowest BCUT2D eigenvalue weighted by Gasteiger charge is -2.14. The maximum atomic E-state index is 12.4. The van der Waals surface area contributed by atoms with Gasteiger partial charge in [-0.15, -0.1) is 11.3 Å². The summed E-state index contributed by atoms with van der Waals surface area (Å²) in [5.41, 5.74) is 0. The molecule has 0 aliphatic heterocycles. The van der Waals surface area contributed by atoms with Gasteiger partial charge in [-0.1, -0.05) is 30.3 Å². The third-order valence-corrected chi connectivity index (χ3v) is 4.83. The molecule has 0 bridgehead atoms. The molecular formula is C19H18O4S. The zero-order valence-electron chi connectivity index (χ0n) is 13.5. The van der Waals surface area contributed by atoms with Gasteiger partial charge in [0.05, 0.1) is 7.11 Å². The van der Waals surface area contributed by atoms with Crippen LogP contribution in [0.2, 0.25) is 0 Å². The van der Waals surface area contributed by atoms with Crippen molar-refractivity contribution in [3.8, 4) is 11.5 Å². The third-order valence-electron chi connectivity index (χ3n) is 3.69. The first kappa shape index (κ1) is 16.5. The summed E-state index contributed by atoms with van der Waals surface area (Å²) in [6, 6.07) is 17.3. The van der Waals surface area contributed by atoms with Crippen LogP contribution in [-0.2, 0) is 16.0 Å². The second kappa shape index (κ2) is 7.47. The third kappa shape index (κ3) is 3.58. The predicted octanol–water partition coefficient (Wildman–Crippen LogP) is 4.07. The lowest BCUT2D eigenvalue weighted by molar-refractivity contribution is -0.145. The molecule has 3 aromatic rings. The Bertz CT molecular complexity index is 807. The van der Waals surface area contributed by atoms with Gasteiger partial charge < -0.3 is 14.2 Å². The highest BCUT2D eigenvalue weighted by Gasteiger charge is 2.23. The molecule has 1 unspecified atom stereocenters. The SMILES string of the molecule is COc1ccccc1OC(=O)C(Cc1cc2ccccc2s1)OC. The number of hydrogen-bond acceptors (Lipinski definition) is 5. The van der Waals surface area contributed by atoms with E-state index >= 15 is 0 Å². The highest BCUT2D eigenvalue weighted by Crippen LogP contribution is 2.28. The quantitative estimate of drug-likeness (QED) is 0.500. The van der Waals surface area contributed by atoms with Crippen LogP contribution in [0.25, 0.3) is 10.1 Å². The standard InChI is InChI=1S/C19H18O4S/c1-21-15-8-4-5-9-16(15)23-19(20)17(22-2)12-14-11-13-7-3-6-10-18(13)24-14/h3-11,17H,12H2,1-2H3. The Morgan fingerprint density at radius 2 is 1.75 bits per heavy atom. The summed E-state index contributed by atoms with van der Waals surface area (Å²) in [4.78, 5) is 13.5. The van der Waals surface area contributed by atoms with E-state index in [1.54, 1.807) is 29.5 Å². The van der Waals surface area contributed by atoms with Gasteiger partial charge in [-0.25, -0.2) is 4.79 Å². The van der Waals surface area contributed by atoms with Gasteiger partial charge in [0.1, 0.15) is 0 Å². The summed E-state index contributed by atoms with van der Waals surface area (Å²) in [5, 5.41) is 1.17. The Hall–Kier alpha value is -2.37. The fraction of sp³-hybridized carbons (Fsp3) is 0.211. The molecule has 124 valence electrons. The van der Waals surface area contributed by atoms with Gasteiger partial charge in [0.25, 0.3) is 0 Å². The van der Waals surface area contributed by atoms with E-state index in [-0.39, 0.29) is 0 Å². The van der Waals surface area contributed by atoms with Gasteiger partial charge in [-0.3, -0.25) is 0 Å². The fourth-order valence-corrected chi connectivity index (χ4v) is 3.55. The molecule has 0 spiro atoms. The van der Waals surface area contributed by atoms with Crippen LogP contribution >= 0.6 is 11.3 Å². The normalized spacial score (nSPS) is 12.1. The van der Waals surface area contributed by atoms with Crippen molar-refractivity contribution < 1.29 is 19.0 Å². The first-order valence-corrected chi connectivity index (χ1v) is 8.38. The number of carbonyl (C=O) groups is 1. The van der Waals surface area contributed by atoms with Gasteiger partial charge in [-0.05, 0) is 29.7 Å². The van der Waals surface area contributed by atoms with E-state index in [2.05, 4.69) is 18.2 Å². The van der Waals surface area contributed by atoms with E-state index in [1.165, 1.54) is 24.3 Å². The maximum absolute atomic E-state index is 12.4. The van der Waals surface area contributed by atoms with Crippen molar-refractivity contribution in [3.05, 3.63) is 59.5 Å². The number of methoxy groups -OCH3 is 2. The second-order valence-corrected chi connectivity index (χ2v) is 6.42. The van der Waals surface area contributed by atoms with Crippen LogP contribution in [0.5, 0.6) is 11.5 Å². The van der Waals surface area contributed by atoms with Gasteiger partial charge in [-0.2, -0.15) is 0 Å². The van der Waals surface area contributed by atoms with E-state index < -0.39 is 12.1 Å². The van der Waals surface area contributed by atoms with E-state index in [1.807, 2.05) is 18.2 Å². The largest absolute Gasteiger partial charge is 0.493 e. The van der Waals surface area contributed by atoms with Crippen LogP contribution < -0.4 is 9.47 Å². The summed E-state index contributed by atoms with van der Waals surface area (Å²) in [7, 11) is 3.05. The molecule has 0 radical (unpaired) electrons. The molecule has 0 saturated carbocycles. The number of ether oxygens (including phenoxy) is 3. The number of rotatable bonds is 6. The Morgan fingerprint density at radius 3 is 2.46 bits per heavy atom. The summed E-state index contributed by atoms with van der Waals surface area (Å²) in [6.45, 7) is 0. The smallest absolute Gasteiger partial charge is 0.341 e. The van der Waals surface area contributed by atoms with Crippen molar-refractivity contribution in [1.82, 2.24) is 0 Å². The fourth-order valence-electron chi connectivity index (χ4n) is 2.46. The van der Waals surface area contributed by atoms with Crippen molar-refractivity contribution in [2.24, 2.45) is 0 Å². The molecule has 0 aliphatic rings. The minimum absolute atomic E-state index is 0.392. The molecule has 2 aromatic carbocycles. The van der Waals surface area contributed by atoms with E-state index in [0.717, 1.165) is 4.88 Å². The Kier molecular flexibility index (Phi) is 5.13. The van der Waals surface area contributed by atoms with Gasteiger partial charge in [0.2, 0.25) is 0 Å². The average molecular weight is 342 g/mol. The highest BCUT2D eigenvalue weighted by atomic mass is 32.1. The number of benzene rings is 2. The zero-order valence-corrected chi connectivity index (χ0v) is 14.3. The van der Waals surface area contributed by atoms with Crippen molar-refractivity contribution in [1.29, 1.82) is 0 Å². The van der Waals surface area contributed by atoms with Crippen LogP contribution in [0.4, 0.5) is 0 Å². The molecular weight excluding hydrogens is 324 g/mol. The van der Waals surface area contributed by atoms with Crippen LogP contribution in [0.3, 0.4) is 0 Å². The van der Waals surface area contributed by atoms with Crippen molar-refractivity contribution in [2.75, 3.05) is 14.2 Å². The molecule has 4 nitrogen and oxygen atoms in total. The second-order valence-electron chi connectivity index (χ2n) is 5.25. The molecule has 1 heterocycles. The van der Waals surface area contributed by atoms with Gasteiger partial charge in [0, 0.05) is 23.1 Å². The molecule has 0 amide bonds. The Balaban J connectivity index is 1.74. The minimum atomic E-state index is -0.664. The van der Waals surface area contributed by atoms with Gasteiger partial charge >= 0.3 is 5.97 Å². The minimum Gasteiger partial charge on any atom is -0.493 e. The number of carbonyl (C=O) groups excluding carboxylic acids is 1. The number of para-hydroxylation sites is 2. The summed E-state index contributed by atoms with van der Waals surface area (Å²) in [6.07, 6.45) is -0.188. The summed E-state index contributed by atoms with van der Waals surface area (Å²) < 4.78 is 17.2. The molecule has 0 saturated heterocycles. The highest BCUT2D eigenvalue weighted by molar-refractivity contribution is 7.19. The lowest BCUT2D eigenvalue weighted by atomic mass is 10.2. The van der Waals surface area contributed by atoms with Crippen LogP contribution in [0.1, 0.15) is 4.88 Å². The first-order valence-electron chi connectivity index (χ1n) is 7.56. The molecule has 0 N–H and O–H groups in total. The maximum Gasteiger partial charge on any atom is 0.341 e. The molecule has 1 aromatic heterocycles. The topological polar surface area (TPSA) is 44.8 Å². The van der Waals surface area contributed by atoms with Crippen LogP contribution in [0, 0.1) is 0 Å². The molecule has 3 rings (SSSR count). The van der Waals surface area contributed by atoms with Crippen LogP contribution in [0.15, 0.2) is 54.6 Å². The monoisotopic (exact) mass is 342 g/mol. The van der Waals surface area contributed by atoms with Crippen molar-refractivity contribution >= 4 is 27.4 Å². The van der Waals surface area contributed by atoms with Gasteiger partial charge in [0.15, 0.2) is 17.6 Å². The number of esters is 1. The number of hydrogen-bond donors (Lipinski definition) is 0. The predicted molar refractivity (Wildman–Crippen MR) is 95.0 cm³/mol. The van der Waals surface area contributed by atoms with Crippen molar-refractivity contribution in [2.45, 2.75) is 12.5 Å². The number of fused-ring (bicyclic) bond motifs is 1. The summed E-state index contributed by atoms with van der Waals surface area (Å²) >= 11 is 1.66. The molecule has 1 atom stereocenters. The van der Waals surface area contributed by atoms with Crippen molar-refractivity contribution in [3.63, 3.8) is 0 Å². The van der Waals surface area contributed by atoms with Crippen LogP contribution in [-0.4, -0.2) is 26.3 Å². The average Bonchev–Trinajstić information content (AvgIpc) is 3.02. The zero-order chi connectivity index (χ0) is 16.9. The molecule has 0 aliphatic carbocycles. The lowest BCUT2D eigenvalue weighted by Crippen LogP contribution is -2.29. The summed E-state index contributed by atoms with van der Waals surface area (Å²) in [5.74, 6) is 0.477. The van der Waals surface area contributed by atoms with E-state index in [4.69, 9.17) is 14.2 Å². The van der Waals surface area contributed by atoms with E-state index in [0.29, 0.717) is 17.9 Å². The Labute approximate surface area is 144 Å². The number of thiophene rings is 1. The Morgan fingerprint density at radius 1 is 1.04 bits per heavy atom. The molecule has 5 heteroatoms. The molecule has 24 heavy (non-hydrogen) atoms. The van der Waals surface area contributed by atoms with E-state index in [9.17, 15) is 4.79 Å². The molecule has 0 fully saturated rings.